The standard InChI is InChI=1S/C17H21N3O2/c21-15(8-12-3-4-12)20-7-5-17(11-20)9-14(17)16(22)19-13-2-1-6-18-10-13/h1-2,6,10,12,14H,3-5,7-9,11H2,(H,19,22)/t14-,17-/m0/s1. The molecule has 5 nitrogen and oxygen atoms in total. The number of likely N-dealkylation sites (tertiary alicyclic amines) is 1. The summed E-state index contributed by atoms with van der Waals surface area (Å²) in [4.78, 5) is 30.5. The average Bonchev–Trinajstić information content (AvgIpc) is 3.39. The highest BCUT2D eigenvalue weighted by atomic mass is 16.2. The fourth-order valence-electron chi connectivity index (χ4n) is 3.64. The summed E-state index contributed by atoms with van der Waals surface area (Å²) in [5.74, 6) is 1.04. The molecule has 0 aromatic carbocycles. The zero-order chi connectivity index (χ0) is 15.2. The maximum atomic E-state index is 12.4. The van der Waals surface area contributed by atoms with E-state index < -0.39 is 0 Å². The second-order valence-electron chi connectivity index (χ2n) is 7.06. The molecule has 2 atom stereocenters. The molecule has 22 heavy (non-hydrogen) atoms. The molecule has 2 amide bonds. The fraction of sp³-hybridized carbons (Fsp3) is 0.588. The molecule has 1 spiro atoms. The first-order valence-corrected chi connectivity index (χ1v) is 8.15. The van der Waals surface area contributed by atoms with Gasteiger partial charge in [0.1, 0.15) is 0 Å². The van der Waals surface area contributed by atoms with Gasteiger partial charge in [-0.15, -0.1) is 0 Å². The number of nitrogens with zero attached hydrogens (tertiary/aromatic N) is 2. The Morgan fingerprint density at radius 3 is 3.00 bits per heavy atom. The summed E-state index contributed by atoms with van der Waals surface area (Å²) in [7, 11) is 0. The quantitative estimate of drug-likeness (QED) is 0.925. The summed E-state index contributed by atoms with van der Waals surface area (Å²) in [6, 6.07) is 3.66. The second-order valence-corrected chi connectivity index (χ2v) is 7.06. The first-order valence-electron chi connectivity index (χ1n) is 8.15. The van der Waals surface area contributed by atoms with E-state index in [0.29, 0.717) is 12.3 Å². The molecule has 2 heterocycles. The summed E-state index contributed by atoms with van der Waals surface area (Å²) in [6.07, 6.45) is 8.35. The Kier molecular flexibility index (Phi) is 3.17. The molecule has 0 unspecified atom stereocenters. The molecule has 3 fully saturated rings. The van der Waals surface area contributed by atoms with Crippen LogP contribution in [0, 0.1) is 17.3 Å². The Labute approximate surface area is 130 Å². The monoisotopic (exact) mass is 299 g/mol. The molecule has 0 bridgehead atoms. The second kappa shape index (κ2) is 5.07. The predicted molar refractivity (Wildman–Crippen MR) is 81.9 cm³/mol. The number of carbonyl (C=O) groups is 2. The Bertz CT molecular complexity index is 599. The van der Waals surface area contributed by atoms with Crippen molar-refractivity contribution >= 4 is 17.5 Å². The number of amides is 2. The Balaban J connectivity index is 1.33. The van der Waals surface area contributed by atoms with Crippen LogP contribution in [-0.4, -0.2) is 34.8 Å². The van der Waals surface area contributed by atoms with Crippen molar-refractivity contribution in [3.05, 3.63) is 24.5 Å². The third-order valence-electron chi connectivity index (χ3n) is 5.33. The van der Waals surface area contributed by atoms with Gasteiger partial charge in [0.25, 0.3) is 0 Å². The van der Waals surface area contributed by atoms with Gasteiger partial charge in [-0.3, -0.25) is 14.6 Å². The number of nitrogens with one attached hydrogen (secondary N) is 1. The third kappa shape index (κ3) is 2.60. The number of hydrogen-bond acceptors (Lipinski definition) is 3. The summed E-state index contributed by atoms with van der Waals surface area (Å²) in [5, 5.41) is 2.94. The molecule has 4 rings (SSSR count). The zero-order valence-corrected chi connectivity index (χ0v) is 12.6. The maximum Gasteiger partial charge on any atom is 0.228 e. The van der Waals surface area contributed by atoms with Crippen LogP contribution in [-0.2, 0) is 9.59 Å². The summed E-state index contributed by atoms with van der Waals surface area (Å²) >= 11 is 0. The van der Waals surface area contributed by atoms with Crippen LogP contribution >= 0.6 is 0 Å². The molecular weight excluding hydrogens is 278 g/mol. The lowest BCUT2D eigenvalue weighted by Gasteiger charge is -2.16. The van der Waals surface area contributed by atoms with E-state index in [9.17, 15) is 9.59 Å². The summed E-state index contributed by atoms with van der Waals surface area (Å²) in [5.41, 5.74) is 0.792. The molecule has 0 radical (unpaired) electrons. The van der Waals surface area contributed by atoms with Crippen molar-refractivity contribution in [1.82, 2.24) is 9.88 Å². The Morgan fingerprint density at radius 2 is 2.27 bits per heavy atom. The van der Waals surface area contributed by atoms with E-state index in [2.05, 4.69) is 10.3 Å². The van der Waals surface area contributed by atoms with Crippen LogP contribution in [0.25, 0.3) is 0 Å². The molecule has 1 aliphatic heterocycles. The highest BCUT2D eigenvalue weighted by Crippen LogP contribution is 2.59. The van der Waals surface area contributed by atoms with Crippen molar-refractivity contribution in [1.29, 1.82) is 0 Å². The molecule has 1 aromatic heterocycles. The SMILES string of the molecule is O=C(Nc1cccnc1)[C@@H]1C[C@]12CCN(C(=O)CC1CC1)C2. The van der Waals surface area contributed by atoms with Crippen molar-refractivity contribution in [2.45, 2.75) is 32.1 Å². The van der Waals surface area contributed by atoms with Crippen LogP contribution in [0.2, 0.25) is 0 Å². The number of pyridine rings is 1. The van der Waals surface area contributed by atoms with Gasteiger partial charge in [0.05, 0.1) is 11.9 Å². The minimum Gasteiger partial charge on any atom is -0.342 e. The van der Waals surface area contributed by atoms with E-state index in [1.807, 2.05) is 17.0 Å². The fourth-order valence-corrected chi connectivity index (χ4v) is 3.64. The number of aromatic nitrogens is 1. The smallest absolute Gasteiger partial charge is 0.228 e. The Morgan fingerprint density at radius 1 is 1.41 bits per heavy atom. The highest BCUT2D eigenvalue weighted by Gasteiger charge is 2.61. The minimum absolute atomic E-state index is 0.0471. The van der Waals surface area contributed by atoms with Gasteiger partial charge in [0, 0.05) is 37.0 Å². The summed E-state index contributed by atoms with van der Waals surface area (Å²) in [6.45, 7) is 1.59. The normalized spacial score (nSPS) is 29.6. The number of hydrogen-bond donors (Lipinski definition) is 1. The van der Waals surface area contributed by atoms with E-state index in [1.54, 1.807) is 12.4 Å². The number of carbonyl (C=O) groups excluding carboxylic acids is 2. The largest absolute Gasteiger partial charge is 0.342 e. The van der Waals surface area contributed by atoms with Gasteiger partial charge in [-0.25, -0.2) is 0 Å². The molecular formula is C17H21N3O2. The van der Waals surface area contributed by atoms with Crippen LogP contribution in [0.4, 0.5) is 5.69 Å². The molecule has 2 saturated carbocycles. The third-order valence-corrected chi connectivity index (χ3v) is 5.33. The predicted octanol–water partition coefficient (Wildman–Crippen LogP) is 2.06. The number of rotatable bonds is 4. The topological polar surface area (TPSA) is 62.3 Å². The van der Waals surface area contributed by atoms with Gasteiger partial charge in [-0.2, -0.15) is 0 Å². The van der Waals surface area contributed by atoms with Gasteiger partial charge in [-0.1, -0.05) is 0 Å². The lowest BCUT2D eigenvalue weighted by Crippen LogP contribution is -2.30. The van der Waals surface area contributed by atoms with Crippen LogP contribution in [0.15, 0.2) is 24.5 Å². The van der Waals surface area contributed by atoms with Crippen LogP contribution in [0.1, 0.15) is 32.1 Å². The van der Waals surface area contributed by atoms with E-state index in [4.69, 9.17) is 0 Å². The lowest BCUT2D eigenvalue weighted by molar-refractivity contribution is -0.131. The van der Waals surface area contributed by atoms with Gasteiger partial charge in [0.2, 0.25) is 11.8 Å². The van der Waals surface area contributed by atoms with Crippen molar-refractivity contribution < 1.29 is 9.59 Å². The van der Waals surface area contributed by atoms with Gasteiger partial charge in [-0.05, 0) is 43.7 Å². The van der Waals surface area contributed by atoms with Crippen molar-refractivity contribution in [2.75, 3.05) is 18.4 Å². The van der Waals surface area contributed by atoms with E-state index in [0.717, 1.165) is 31.6 Å². The van der Waals surface area contributed by atoms with E-state index >= 15 is 0 Å². The first kappa shape index (κ1) is 13.7. The molecule has 5 heteroatoms. The number of anilines is 1. The molecule has 1 saturated heterocycles. The molecule has 2 aliphatic carbocycles. The lowest BCUT2D eigenvalue weighted by atomic mass is 10.0. The van der Waals surface area contributed by atoms with Crippen molar-refractivity contribution in [3.63, 3.8) is 0 Å². The minimum atomic E-state index is 0.0471. The van der Waals surface area contributed by atoms with E-state index in [1.165, 1.54) is 12.8 Å². The van der Waals surface area contributed by atoms with Crippen LogP contribution < -0.4 is 5.32 Å². The molecule has 116 valence electrons. The van der Waals surface area contributed by atoms with Gasteiger partial charge in [0.15, 0.2) is 0 Å². The summed E-state index contributed by atoms with van der Waals surface area (Å²) < 4.78 is 0. The highest BCUT2D eigenvalue weighted by molar-refractivity contribution is 5.95. The van der Waals surface area contributed by atoms with Crippen LogP contribution in [0.5, 0.6) is 0 Å². The van der Waals surface area contributed by atoms with Crippen molar-refractivity contribution in [3.8, 4) is 0 Å². The van der Waals surface area contributed by atoms with Gasteiger partial charge < -0.3 is 10.2 Å². The van der Waals surface area contributed by atoms with E-state index in [-0.39, 0.29) is 23.1 Å². The molecule has 1 N–H and O–H groups in total. The first-order chi connectivity index (χ1) is 10.7. The Hall–Kier alpha value is -1.91. The maximum absolute atomic E-state index is 12.4. The average molecular weight is 299 g/mol. The molecule has 1 aromatic rings. The van der Waals surface area contributed by atoms with Crippen molar-refractivity contribution in [2.24, 2.45) is 17.3 Å². The van der Waals surface area contributed by atoms with Crippen LogP contribution in [0.3, 0.4) is 0 Å². The zero-order valence-electron chi connectivity index (χ0n) is 12.6. The van der Waals surface area contributed by atoms with Gasteiger partial charge >= 0.3 is 0 Å². The molecule has 3 aliphatic rings.